The van der Waals surface area contributed by atoms with E-state index in [0.717, 1.165) is 0 Å². The van der Waals surface area contributed by atoms with E-state index in [9.17, 15) is 9.18 Å². The van der Waals surface area contributed by atoms with Crippen molar-refractivity contribution in [1.29, 1.82) is 0 Å². The van der Waals surface area contributed by atoms with Gasteiger partial charge in [0.25, 0.3) is 0 Å². The number of amides is 1. The molecule has 0 spiro atoms. The fourth-order valence-electron chi connectivity index (χ4n) is 1.79. The number of aliphatic hydroxyl groups is 1. The van der Waals surface area contributed by atoms with E-state index in [4.69, 9.17) is 16.7 Å². The Labute approximate surface area is 97.4 Å². The maximum Gasteiger partial charge on any atom is 0.245 e. The Morgan fingerprint density at radius 3 is 2.88 bits per heavy atom. The first-order valence-electron chi connectivity index (χ1n) is 4.95. The van der Waals surface area contributed by atoms with Crippen molar-refractivity contribution >= 4 is 23.2 Å². The van der Waals surface area contributed by atoms with Crippen LogP contribution in [0.1, 0.15) is 0 Å². The summed E-state index contributed by atoms with van der Waals surface area (Å²) in [4.78, 5) is 13.2. The second-order valence-electron chi connectivity index (χ2n) is 3.77. The zero-order chi connectivity index (χ0) is 11.7. The quantitative estimate of drug-likeness (QED) is 0.798. The fraction of sp³-hybridized carbons (Fsp3) is 0.364. The summed E-state index contributed by atoms with van der Waals surface area (Å²) in [5, 5.41) is 8.31. The number of hydrogen-bond donors (Lipinski definition) is 1. The van der Waals surface area contributed by atoms with Crippen molar-refractivity contribution in [3.05, 3.63) is 30.1 Å². The minimum absolute atomic E-state index is 0.147. The summed E-state index contributed by atoms with van der Waals surface area (Å²) in [6.07, 6.45) is 0. The lowest BCUT2D eigenvalue weighted by Gasteiger charge is -2.15. The second kappa shape index (κ2) is 4.39. The highest BCUT2D eigenvalue weighted by Crippen LogP contribution is 2.28. The highest BCUT2D eigenvalue weighted by Gasteiger charge is 2.39. The molecule has 1 aromatic carbocycles. The van der Waals surface area contributed by atoms with Gasteiger partial charge < -0.3 is 10.0 Å². The van der Waals surface area contributed by atoms with Crippen LogP contribution in [0.15, 0.2) is 24.3 Å². The molecule has 2 atom stereocenters. The molecular weight excluding hydrogens is 233 g/mol. The first-order valence-corrected chi connectivity index (χ1v) is 5.39. The average Bonchev–Trinajstić information content (AvgIpc) is 2.56. The van der Waals surface area contributed by atoms with Crippen LogP contribution < -0.4 is 4.90 Å². The van der Waals surface area contributed by atoms with Gasteiger partial charge in [0.2, 0.25) is 5.91 Å². The minimum atomic E-state index is -0.728. The van der Waals surface area contributed by atoms with Gasteiger partial charge in [0.15, 0.2) is 0 Å². The molecule has 1 aliphatic heterocycles. The van der Waals surface area contributed by atoms with Crippen molar-refractivity contribution in [2.24, 2.45) is 5.92 Å². The zero-order valence-corrected chi connectivity index (χ0v) is 9.19. The number of rotatable bonds is 2. The number of halogens is 2. The van der Waals surface area contributed by atoms with Crippen molar-refractivity contribution < 1.29 is 14.3 Å². The summed E-state index contributed by atoms with van der Waals surface area (Å²) in [7, 11) is 0. The third-order valence-corrected chi connectivity index (χ3v) is 3.23. The van der Waals surface area contributed by atoms with Crippen LogP contribution in [0.5, 0.6) is 0 Å². The van der Waals surface area contributed by atoms with Crippen LogP contribution in [-0.2, 0) is 4.79 Å². The molecule has 5 heteroatoms. The van der Waals surface area contributed by atoms with Crippen LogP contribution in [-0.4, -0.2) is 29.5 Å². The predicted octanol–water partition coefficient (Wildman–Crippen LogP) is 1.39. The van der Waals surface area contributed by atoms with Crippen molar-refractivity contribution in [3.63, 3.8) is 0 Å². The minimum Gasteiger partial charge on any atom is -0.396 e. The van der Waals surface area contributed by atoms with Crippen molar-refractivity contribution in [3.8, 4) is 0 Å². The summed E-state index contributed by atoms with van der Waals surface area (Å²) in [5.41, 5.74) is 0.478. The lowest BCUT2D eigenvalue weighted by atomic mass is 10.1. The zero-order valence-electron chi connectivity index (χ0n) is 8.44. The van der Waals surface area contributed by atoms with E-state index in [1.54, 1.807) is 6.07 Å². The number of aliphatic hydroxyl groups excluding tert-OH is 1. The Balaban J connectivity index is 2.26. The summed E-state index contributed by atoms with van der Waals surface area (Å²) >= 11 is 5.87. The van der Waals surface area contributed by atoms with E-state index in [2.05, 4.69) is 0 Å². The molecule has 2 unspecified atom stereocenters. The van der Waals surface area contributed by atoms with Gasteiger partial charge >= 0.3 is 0 Å². The number of hydrogen-bond acceptors (Lipinski definition) is 2. The number of anilines is 1. The first-order chi connectivity index (χ1) is 7.63. The molecule has 86 valence electrons. The molecule has 0 radical (unpaired) electrons. The van der Waals surface area contributed by atoms with Crippen molar-refractivity contribution in [2.45, 2.75) is 5.38 Å². The lowest BCUT2D eigenvalue weighted by Crippen LogP contribution is -2.27. The molecule has 1 amide bonds. The molecule has 0 aliphatic carbocycles. The molecule has 1 aliphatic rings. The van der Waals surface area contributed by atoms with Gasteiger partial charge in [-0.3, -0.25) is 4.79 Å². The van der Waals surface area contributed by atoms with E-state index in [1.807, 2.05) is 0 Å². The van der Waals surface area contributed by atoms with Gasteiger partial charge in [0, 0.05) is 24.8 Å². The monoisotopic (exact) mass is 243 g/mol. The summed E-state index contributed by atoms with van der Waals surface area (Å²) in [6.45, 7) is 0.179. The third kappa shape index (κ3) is 1.90. The third-order valence-electron chi connectivity index (χ3n) is 2.69. The Bertz CT molecular complexity index is 413. The van der Waals surface area contributed by atoms with Crippen LogP contribution in [0.4, 0.5) is 10.1 Å². The predicted molar refractivity (Wildman–Crippen MR) is 59.0 cm³/mol. The second-order valence-corrected chi connectivity index (χ2v) is 4.24. The van der Waals surface area contributed by atoms with E-state index in [-0.39, 0.29) is 18.4 Å². The topological polar surface area (TPSA) is 40.5 Å². The smallest absolute Gasteiger partial charge is 0.245 e. The first kappa shape index (κ1) is 11.4. The maximum atomic E-state index is 13.0. The lowest BCUT2D eigenvalue weighted by molar-refractivity contribution is -0.117. The van der Waals surface area contributed by atoms with E-state index >= 15 is 0 Å². The van der Waals surface area contributed by atoms with Crippen LogP contribution >= 0.6 is 11.6 Å². The SMILES string of the molecule is O=C1C(Cl)C(CO)CN1c1cccc(F)c1. The standard InChI is InChI=1S/C11H11ClFNO2/c12-10-7(6-15)5-14(11(10)16)9-3-1-2-8(13)4-9/h1-4,7,10,15H,5-6H2. The number of nitrogens with zero attached hydrogens (tertiary/aromatic N) is 1. The van der Waals surface area contributed by atoms with Crippen LogP contribution in [0.25, 0.3) is 0 Å². The average molecular weight is 244 g/mol. The number of alkyl halides is 1. The van der Waals surface area contributed by atoms with Gasteiger partial charge in [0.1, 0.15) is 11.2 Å². The molecule has 2 rings (SSSR count). The largest absolute Gasteiger partial charge is 0.396 e. The van der Waals surface area contributed by atoms with Gasteiger partial charge in [-0.25, -0.2) is 4.39 Å². The molecule has 0 bridgehead atoms. The molecule has 1 fully saturated rings. The van der Waals surface area contributed by atoms with E-state index in [0.29, 0.717) is 12.2 Å². The van der Waals surface area contributed by atoms with Crippen molar-refractivity contribution in [1.82, 2.24) is 0 Å². The summed E-state index contributed by atoms with van der Waals surface area (Å²) in [5.74, 6) is -0.979. The Morgan fingerprint density at radius 2 is 2.31 bits per heavy atom. The molecule has 1 saturated heterocycles. The molecule has 3 nitrogen and oxygen atoms in total. The fourth-order valence-corrected chi connectivity index (χ4v) is 2.07. The molecule has 16 heavy (non-hydrogen) atoms. The van der Waals surface area contributed by atoms with Crippen LogP contribution in [0, 0.1) is 11.7 Å². The molecule has 1 aromatic rings. The van der Waals surface area contributed by atoms with Gasteiger partial charge in [-0.05, 0) is 18.2 Å². The molecule has 1 heterocycles. The van der Waals surface area contributed by atoms with E-state index < -0.39 is 11.2 Å². The normalized spacial score (nSPS) is 25.2. The van der Waals surface area contributed by atoms with Gasteiger partial charge in [0.05, 0.1) is 0 Å². The van der Waals surface area contributed by atoms with Gasteiger partial charge in [-0.15, -0.1) is 11.6 Å². The molecule has 1 N–H and O–H groups in total. The van der Waals surface area contributed by atoms with Crippen molar-refractivity contribution in [2.75, 3.05) is 18.1 Å². The molecular formula is C11H11ClFNO2. The Hall–Kier alpha value is -1.13. The van der Waals surface area contributed by atoms with Gasteiger partial charge in [-0.2, -0.15) is 0 Å². The maximum absolute atomic E-state index is 13.0. The van der Waals surface area contributed by atoms with Gasteiger partial charge in [-0.1, -0.05) is 6.07 Å². The number of carbonyl (C=O) groups is 1. The number of carbonyl (C=O) groups excluding carboxylic acids is 1. The van der Waals surface area contributed by atoms with E-state index in [1.165, 1.54) is 23.1 Å². The highest BCUT2D eigenvalue weighted by atomic mass is 35.5. The van der Waals surface area contributed by atoms with Crippen LogP contribution in [0.3, 0.4) is 0 Å². The van der Waals surface area contributed by atoms with Crippen LogP contribution in [0.2, 0.25) is 0 Å². The number of benzene rings is 1. The molecule has 0 saturated carbocycles. The molecule has 0 aromatic heterocycles. The Morgan fingerprint density at radius 1 is 1.56 bits per heavy atom. The Kier molecular flexibility index (Phi) is 3.12. The highest BCUT2D eigenvalue weighted by molar-refractivity contribution is 6.34. The summed E-state index contributed by atoms with van der Waals surface area (Å²) in [6, 6.07) is 5.77. The summed E-state index contributed by atoms with van der Waals surface area (Å²) < 4.78 is 13.0.